The van der Waals surface area contributed by atoms with Gasteiger partial charge in [-0.05, 0) is 48.9 Å². The molecule has 44 heavy (non-hydrogen) atoms. The molecule has 1 N–H and O–H groups in total. The number of carboxylic acids is 1. The molecule has 0 saturated carbocycles. The highest BCUT2D eigenvalue weighted by Gasteiger charge is 2.46. The molecule has 0 spiro atoms. The SMILES string of the molecule is C[C@]1(c2ccc(Cl)cn2)Oc2cccc(N3CCN(Cc4nc5ccc(C(=O)O)cc5n4C[C@@H]4CCO4)[C@H]4COC[C@H]43)c2O1. The molecular formula is C32H32ClN5O6. The largest absolute Gasteiger partial charge is 0.478 e. The van der Waals surface area contributed by atoms with E-state index >= 15 is 0 Å². The molecule has 3 saturated heterocycles. The maximum absolute atomic E-state index is 11.7. The van der Waals surface area contributed by atoms with Gasteiger partial charge in [-0.15, -0.1) is 0 Å². The minimum absolute atomic E-state index is 0.103. The Bertz CT molecular complexity index is 1740. The van der Waals surface area contributed by atoms with E-state index in [0.29, 0.717) is 48.5 Å². The van der Waals surface area contributed by atoms with Crippen molar-refractivity contribution in [3.05, 3.63) is 76.8 Å². The fourth-order valence-electron chi connectivity index (χ4n) is 6.77. The monoisotopic (exact) mass is 617 g/mol. The predicted octanol–water partition coefficient (Wildman–Crippen LogP) is 4.31. The van der Waals surface area contributed by atoms with E-state index in [1.165, 1.54) is 0 Å². The van der Waals surface area contributed by atoms with Gasteiger partial charge in [0.25, 0.3) is 5.79 Å². The number of rotatable bonds is 7. The second-order valence-electron chi connectivity index (χ2n) is 11.9. The van der Waals surface area contributed by atoms with Crippen LogP contribution in [0.2, 0.25) is 5.02 Å². The van der Waals surface area contributed by atoms with Crippen molar-refractivity contribution >= 4 is 34.3 Å². The third kappa shape index (κ3) is 4.66. The number of ether oxygens (including phenoxy) is 4. The topological polar surface area (TPSA) is 111 Å². The Hall–Kier alpha value is -3.90. The van der Waals surface area contributed by atoms with Crippen LogP contribution in [0.1, 0.15) is 35.2 Å². The molecular weight excluding hydrogens is 586 g/mol. The third-order valence-electron chi connectivity index (χ3n) is 9.18. The summed E-state index contributed by atoms with van der Waals surface area (Å²) < 4.78 is 26.8. The normalized spacial score (nSPS) is 26.1. The summed E-state index contributed by atoms with van der Waals surface area (Å²) >= 11 is 6.07. The van der Waals surface area contributed by atoms with Crippen molar-refractivity contribution in [3.8, 4) is 11.5 Å². The summed E-state index contributed by atoms with van der Waals surface area (Å²) in [7, 11) is 0. The molecule has 11 nitrogen and oxygen atoms in total. The highest BCUT2D eigenvalue weighted by molar-refractivity contribution is 6.30. The first-order valence-electron chi connectivity index (χ1n) is 14.9. The molecule has 6 heterocycles. The van der Waals surface area contributed by atoms with Gasteiger partial charge >= 0.3 is 5.97 Å². The molecule has 3 fully saturated rings. The van der Waals surface area contributed by atoms with Crippen molar-refractivity contribution in [1.29, 1.82) is 0 Å². The fraction of sp³-hybridized carbons (Fsp3) is 0.406. The van der Waals surface area contributed by atoms with Gasteiger partial charge in [0.05, 0.1) is 71.8 Å². The van der Waals surface area contributed by atoms with Crippen LogP contribution in [0.15, 0.2) is 54.7 Å². The van der Waals surface area contributed by atoms with Crippen LogP contribution in [0.3, 0.4) is 0 Å². The molecule has 0 bridgehead atoms. The maximum Gasteiger partial charge on any atom is 0.335 e. The van der Waals surface area contributed by atoms with Gasteiger partial charge in [0.2, 0.25) is 0 Å². The van der Waals surface area contributed by atoms with E-state index in [1.54, 1.807) is 30.5 Å². The number of piperazine rings is 1. The van der Waals surface area contributed by atoms with Crippen molar-refractivity contribution in [2.75, 3.05) is 37.8 Å². The van der Waals surface area contributed by atoms with E-state index in [4.69, 9.17) is 35.5 Å². The Morgan fingerprint density at radius 3 is 2.75 bits per heavy atom. The zero-order valence-corrected chi connectivity index (χ0v) is 24.9. The average Bonchev–Trinajstić information content (AvgIpc) is 3.71. The number of aromatic nitrogens is 3. The Balaban J connectivity index is 1.07. The van der Waals surface area contributed by atoms with E-state index in [1.807, 2.05) is 25.1 Å². The molecule has 4 aromatic rings. The zero-order chi connectivity index (χ0) is 30.0. The summed E-state index contributed by atoms with van der Waals surface area (Å²) in [6, 6.07) is 15.0. The van der Waals surface area contributed by atoms with E-state index < -0.39 is 11.8 Å². The standard InChI is InChI=1S/C32H32ClN5O6/c1-32(28-8-6-20(33)14-34-28)43-27-4-2-3-23(30(27)44-32)37-11-10-36(25-17-41-18-26(25)37)16-29-35-22-7-5-19(31(39)40)13-24(22)38(29)15-21-9-12-42-21/h2-8,13-14,21,25-26H,9-12,15-18H2,1H3,(H,39,40)/t21-,25-,26+,32-/m0/s1. The number of para-hydroxylation sites is 1. The van der Waals surface area contributed by atoms with Crippen LogP contribution in [0.4, 0.5) is 5.69 Å². The minimum atomic E-state index is -1.07. The number of aromatic carboxylic acids is 1. The number of carbonyl (C=O) groups is 1. The van der Waals surface area contributed by atoms with Crippen LogP contribution in [-0.4, -0.2) is 81.6 Å². The first-order chi connectivity index (χ1) is 21.4. The van der Waals surface area contributed by atoms with Crippen LogP contribution < -0.4 is 14.4 Å². The number of fused-ring (bicyclic) bond motifs is 3. The van der Waals surface area contributed by atoms with Crippen molar-refractivity contribution in [2.24, 2.45) is 0 Å². The number of benzene rings is 2. The van der Waals surface area contributed by atoms with Crippen LogP contribution >= 0.6 is 11.6 Å². The summed E-state index contributed by atoms with van der Waals surface area (Å²) in [6.07, 6.45) is 2.68. The van der Waals surface area contributed by atoms with Gasteiger partial charge in [0.1, 0.15) is 11.5 Å². The molecule has 0 radical (unpaired) electrons. The minimum Gasteiger partial charge on any atom is -0.478 e. The van der Waals surface area contributed by atoms with Gasteiger partial charge in [0.15, 0.2) is 11.5 Å². The van der Waals surface area contributed by atoms with Gasteiger partial charge < -0.3 is 33.5 Å². The number of anilines is 1. The van der Waals surface area contributed by atoms with Crippen LogP contribution in [0, 0.1) is 0 Å². The molecule has 4 atom stereocenters. The summed E-state index contributed by atoms with van der Waals surface area (Å²) in [4.78, 5) is 26.0. The number of hydrogen-bond acceptors (Lipinski definition) is 9. The first kappa shape index (κ1) is 27.6. The van der Waals surface area contributed by atoms with Gasteiger partial charge in [-0.2, -0.15) is 0 Å². The van der Waals surface area contributed by atoms with E-state index in [2.05, 4.69) is 25.4 Å². The summed E-state index contributed by atoms with van der Waals surface area (Å²) in [6.45, 7) is 6.63. The lowest BCUT2D eigenvalue weighted by Crippen LogP contribution is -2.59. The Kier molecular flexibility index (Phi) is 6.67. The lowest BCUT2D eigenvalue weighted by molar-refractivity contribution is -0.0716. The van der Waals surface area contributed by atoms with E-state index in [9.17, 15) is 9.90 Å². The number of carboxylic acid groups (broad SMARTS) is 1. The van der Waals surface area contributed by atoms with Crippen molar-refractivity contribution in [3.63, 3.8) is 0 Å². The lowest BCUT2D eigenvalue weighted by Gasteiger charge is -2.44. The summed E-state index contributed by atoms with van der Waals surface area (Å²) in [5.74, 6) is 0.255. The number of imidazole rings is 1. The molecule has 0 aliphatic carbocycles. The molecule has 2 aromatic carbocycles. The zero-order valence-electron chi connectivity index (χ0n) is 24.2. The molecule has 8 rings (SSSR count). The Morgan fingerprint density at radius 1 is 1.11 bits per heavy atom. The molecule has 0 unspecified atom stereocenters. The summed E-state index contributed by atoms with van der Waals surface area (Å²) in [5.41, 5.74) is 3.47. The lowest BCUT2D eigenvalue weighted by atomic mass is 10.0. The second-order valence-corrected chi connectivity index (χ2v) is 12.3. The van der Waals surface area contributed by atoms with Crippen LogP contribution in [0.5, 0.6) is 11.5 Å². The molecule has 228 valence electrons. The van der Waals surface area contributed by atoms with E-state index in [-0.39, 0.29) is 23.8 Å². The second kappa shape index (κ2) is 10.6. The average molecular weight is 618 g/mol. The van der Waals surface area contributed by atoms with Crippen molar-refractivity contribution < 1.29 is 28.8 Å². The summed E-state index contributed by atoms with van der Waals surface area (Å²) in [5, 5.41) is 10.2. The molecule has 0 amide bonds. The van der Waals surface area contributed by atoms with Crippen molar-refractivity contribution in [1.82, 2.24) is 19.4 Å². The first-order valence-corrected chi connectivity index (χ1v) is 15.3. The quantitative estimate of drug-likeness (QED) is 0.322. The van der Waals surface area contributed by atoms with Gasteiger partial charge in [-0.1, -0.05) is 17.7 Å². The van der Waals surface area contributed by atoms with Gasteiger partial charge in [0, 0.05) is 32.8 Å². The molecule has 4 aliphatic heterocycles. The predicted molar refractivity (Wildman–Crippen MR) is 161 cm³/mol. The number of halogens is 1. The Labute approximate surface area is 258 Å². The van der Waals surface area contributed by atoms with Crippen LogP contribution in [0.25, 0.3) is 11.0 Å². The molecule has 12 heteroatoms. The number of pyridine rings is 1. The fourth-order valence-corrected chi connectivity index (χ4v) is 6.88. The van der Waals surface area contributed by atoms with Crippen LogP contribution in [-0.2, 0) is 28.4 Å². The number of nitrogens with zero attached hydrogens (tertiary/aromatic N) is 5. The van der Waals surface area contributed by atoms with E-state index in [0.717, 1.165) is 48.7 Å². The maximum atomic E-state index is 11.7. The van der Waals surface area contributed by atoms with Gasteiger partial charge in [-0.25, -0.2) is 9.78 Å². The smallest absolute Gasteiger partial charge is 0.335 e. The third-order valence-corrected chi connectivity index (χ3v) is 9.40. The van der Waals surface area contributed by atoms with Gasteiger partial charge in [-0.3, -0.25) is 9.88 Å². The highest BCUT2D eigenvalue weighted by Crippen LogP contribution is 2.50. The molecule has 4 aliphatic rings. The highest BCUT2D eigenvalue weighted by atomic mass is 35.5. The number of hydrogen-bond donors (Lipinski definition) is 1. The Morgan fingerprint density at radius 2 is 1.98 bits per heavy atom. The van der Waals surface area contributed by atoms with Crippen molar-refractivity contribution in [2.45, 2.75) is 50.4 Å². The molecule has 2 aromatic heterocycles.